The first kappa shape index (κ1) is 18.6. The van der Waals surface area contributed by atoms with Crippen molar-refractivity contribution >= 4 is 16.9 Å². The van der Waals surface area contributed by atoms with Crippen LogP contribution in [0.5, 0.6) is 11.5 Å². The van der Waals surface area contributed by atoms with Crippen LogP contribution in [0.4, 0.5) is 5.82 Å². The maximum Gasteiger partial charge on any atom is 0.164 e. The monoisotopic (exact) mass is 400 g/mol. The fraction of sp³-hybridized carbons (Fsp3) is 0.261. The molecule has 0 radical (unpaired) electrons. The number of benzene rings is 2. The highest BCUT2D eigenvalue weighted by atomic mass is 16.5. The van der Waals surface area contributed by atoms with Crippen molar-refractivity contribution in [1.82, 2.24) is 25.1 Å². The van der Waals surface area contributed by atoms with Gasteiger partial charge in [-0.15, -0.1) is 0 Å². The van der Waals surface area contributed by atoms with Crippen molar-refractivity contribution in [3.05, 3.63) is 60.4 Å². The lowest BCUT2D eigenvalue weighted by Crippen LogP contribution is -2.30. The van der Waals surface area contributed by atoms with Gasteiger partial charge in [-0.1, -0.05) is 17.7 Å². The fourth-order valence-electron chi connectivity index (χ4n) is 3.93. The summed E-state index contributed by atoms with van der Waals surface area (Å²) in [6, 6.07) is 16.2. The molecule has 152 valence electrons. The Morgan fingerprint density at radius 1 is 0.967 bits per heavy atom. The molecule has 0 spiro atoms. The smallest absolute Gasteiger partial charge is 0.164 e. The van der Waals surface area contributed by atoms with E-state index >= 15 is 0 Å². The van der Waals surface area contributed by atoms with Crippen LogP contribution in [0.15, 0.2) is 54.9 Å². The van der Waals surface area contributed by atoms with Crippen molar-refractivity contribution in [3.63, 3.8) is 0 Å². The van der Waals surface area contributed by atoms with Gasteiger partial charge in [-0.25, -0.2) is 14.6 Å². The van der Waals surface area contributed by atoms with Crippen LogP contribution in [-0.2, 0) is 0 Å². The molecule has 1 saturated heterocycles. The maximum atomic E-state index is 6.24. The number of aromatic nitrogens is 4. The van der Waals surface area contributed by atoms with E-state index in [0.29, 0.717) is 11.9 Å². The average Bonchev–Trinajstić information content (AvgIpc) is 3.18. The topological polar surface area (TPSA) is 90.9 Å². The Bertz CT molecular complexity index is 1160. The van der Waals surface area contributed by atoms with Crippen molar-refractivity contribution in [3.8, 4) is 22.8 Å². The predicted octanol–water partition coefficient (Wildman–Crippen LogP) is 4.10. The lowest BCUT2D eigenvalue weighted by molar-refractivity contribution is 0.350. The van der Waals surface area contributed by atoms with Gasteiger partial charge in [0, 0.05) is 5.56 Å². The number of nitrogens with zero attached hydrogens (tertiary/aromatic N) is 4. The summed E-state index contributed by atoms with van der Waals surface area (Å²) in [6.45, 7) is 4.02. The van der Waals surface area contributed by atoms with Gasteiger partial charge < -0.3 is 15.8 Å². The Morgan fingerprint density at radius 2 is 1.63 bits per heavy atom. The lowest BCUT2D eigenvalue weighted by Gasteiger charge is -2.23. The summed E-state index contributed by atoms with van der Waals surface area (Å²) in [5.41, 5.74) is 10.0. The molecule has 0 saturated carbocycles. The number of anilines is 1. The van der Waals surface area contributed by atoms with Crippen molar-refractivity contribution < 1.29 is 4.74 Å². The highest BCUT2D eigenvalue weighted by Gasteiger charge is 2.23. The van der Waals surface area contributed by atoms with Crippen molar-refractivity contribution in [2.24, 2.45) is 0 Å². The van der Waals surface area contributed by atoms with Crippen molar-refractivity contribution in [1.29, 1.82) is 0 Å². The molecule has 0 amide bonds. The van der Waals surface area contributed by atoms with Gasteiger partial charge in [0.15, 0.2) is 5.65 Å². The molecule has 0 bridgehead atoms. The van der Waals surface area contributed by atoms with Crippen LogP contribution in [0.2, 0.25) is 0 Å². The molecular formula is C23H24N6O. The highest BCUT2D eigenvalue weighted by Crippen LogP contribution is 2.34. The molecule has 3 N–H and O–H groups in total. The Hall–Kier alpha value is -3.45. The maximum absolute atomic E-state index is 6.24. The second-order valence-corrected chi connectivity index (χ2v) is 7.67. The highest BCUT2D eigenvalue weighted by molar-refractivity contribution is 5.98. The second kappa shape index (κ2) is 7.76. The van der Waals surface area contributed by atoms with Crippen LogP contribution < -0.4 is 15.8 Å². The number of aryl methyl sites for hydroxylation is 1. The van der Waals surface area contributed by atoms with Gasteiger partial charge >= 0.3 is 0 Å². The molecule has 7 nitrogen and oxygen atoms in total. The number of nitrogen functional groups attached to an aromatic ring is 1. The number of ether oxygens (including phenoxy) is 1. The molecule has 0 atom stereocenters. The van der Waals surface area contributed by atoms with Gasteiger partial charge in [-0.3, -0.25) is 0 Å². The summed E-state index contributed by atoms with van der Waals surface area (Å²) in [4.78, 5) is 8.72. The summed E-state index contributed by atoms with van der Waals surface area (Å²) >= 11 is 0. The van der Waals surface area contributed by atoms with Crippen molar-refractivity contribution in [2.75, 3.05) is 18.8 Å². The minimum Gasteiger partial charge on any atom is -0.457 e. The largest absolute Gasteiger partial charge is 0.457 e. The number of fused-ring (bicyclic) bond motifs is 1. The van der Waals surface area contributed by atoms with Gasteiger partial charge in [-0.2, -0.15) is 5.10 Å². The van der Waals surface area contributed by atoms with E-state index in [-0.39, 0.29) is 0 Å². The molecule has 0 aliphatic carbocycles. The molecule has 2 aromatic heterocycles. The number of piperidine rings is 1. The van der Waals surface area contributed by atoms with E-state index in [1.54, 1.807) is 0 Å². The molecule has 1 fully saturated rings. The Morgan fingerprint density at radius 3 is 2.33 bits per heavy atom. The van der Waals surface area contributed by atoms with E-state index in [1.807, 2.05) is 53.2 Å². The molecule has 1 aliphatic heterocycles. The van der Waals surface area contributed by atoms with Crippen LogP contribution >= 0.6 is 0 Å². The summed E-state index contributed by atoms with van der Waals surface area (Å²) < 4.78 is 7.98. The Kier molecular flexibility index (Phi) is 4.80. The third-order valence-electron chi connectivity index (χ3n) is 5.56. The van der Waals surface area contributed by atoms with E-state index < -0.39 is 0 Å². The number of nitrogens with two attached hydrogens (primary N) is 1. The van der Waals surface area contributed by atoms with Crippen LogP contribution in [0, 0.1) is 6.92 Å². The zero-order valence-corrected chi connectivity index (χ0v) is 16.9. The number of nitrogens with one attached hydrogen (secondary N) is 1. The standard InChI is InChI=1S/C23H24N6O/c1-15-2-6-18(7-3-15)30-19-8-4-16(5-9-19)21-20-22(24)26-14-27-23(20)29(28-21)17-10-12-25-13-11-17/h2-9,14,17,25H,10-13H2,1H3,(H2,24,26,27). The molecule has 5 rings (SSSR count). The minimum absolute atomic E-state index is 0.306. The van der Waals surface area contributed by atoms with Crippen LogP contribution in [0.3, 0.4) is 0 Å². The average molecular weight is 400 g/mol. The number of hydrogen-bond acceptors (Lipinski definition) is 6. The van der Waals surface area contributed by atoms with Gasteiger partial charge in [0.05, 0.1) is 11.4 Å². The van der Waals surface area contributed by atoms with E-state index in [0.717, 1.165) is 59.7 Å². The first-order valence-corrected chi connectivity index (χ1v) is 10.2. The summed E-state index contributed by atoms with van der Waals surface area (Å²) in [7, 11) is 0. The molecule has 2 aromatic carbocycles. The third-order valence-corrected chi connectivity index (χ3v) is 5.56. The first-order valence-electron chi connectivity index (χ1n) is 10.2. The van der Waals surface area contributed by atoms with Crippen molar-refractivity contribution in [2.45, 2.75) is 25.8 Å². The van der Waals surface area contributed by atoms with Gasteiger partial charge in [0.25, 0.3) is 0 Å². The minimum atomic E-state index is 0.306. The Labute approximate surface area is 174 Å². The van der Waals surface area contributed by atoms with E-state index in [2.05, 4.69) is 22.2 Å². The molecule has 1 aliphatic rings. The van der Waals surface area contributed by atoms with E-state index in [4.69, 9.17) is 15.6 Å². The zero-order valence-electron chi connectivity index (χ0n) is 16.9. The number of rotatable bonds is 4. The first-order chi connectivity index (χ1) is 14.7. The normalized spacial score (nSPS) is 14.8. The van der Waals surface area contributed by atoms with Crippen LogP contribution in [0.25, 0.3) is 22.3 Å². The van der Waals surface area contributed by atoms with E-state index in [9.17, 15) is 0 Å². The summed E-state index contributed by atoms with van der Waals surface area (Å²) in [6.07, 6.45) is 3.55. The second-order valence-electron chi connectivity index (χ2n) is 7.67. The van der Waals surface area contributed by atoms with E-state index in [1.165, 1.54) is 11.9 Å². The van der Waals surface area contributed by atoms with Gasteiger partial charge in [0.1, 0.15) is 29.3 Å². The molecule has 4 aromatic rings. The summed E-state index contributed by atoms with van der Waals surface area (Å²) in [5, 5.41) is 9.14. The number of hydrogen-bond donors (Lipinski definition) is 2. The van der Waals surface area contributed by atoms with Crippen LogP contribution in [-0.4, -0.2) is 32.8 Å². The summed E-state index contributed by atoms with van der Waals surface area (Å²) in [5.74, 6) is 2.04. The van der Waals surface area contributed by atoms with Crippen LogP contribution in [0.1, 0.15) is 24.4 Å². The fourth-order valence-corrected chi connectivity index (χ4v) is 3.93. The molecular weight excluding hydrogens is 376 g/mol. The van der Waals surface area contributed by atoms with Gasteiger partial charge in [0.2, 0.25) is 0 Å². The van der Waals surface area contributed by atoms with Gasteiger partial charge in [-0.05, 0) is 69.3 Å². The molecule has 3 heterocycles. The molecule has 0 unspecified atom stereocenters. The SMILES string of the molecule is Cc1ccc(Oc2ccc(-c3nn(C4CCNCC4)c4ncnc(N)c34)cc2)cc1. The Balaban J connectivity index is 1.50. The lowest BCUT2D eigenvalue weighted by atomic mass is 10.1. The molecule has 7 heteroatoms. The zero-order chi connectivity index (χ0) is 20.5. The quantitative estimate of drug-likeness (QED) is 0.536. The predicted molar refractivity (Wildman–Crippen MR) is 118 cm³/mol. The molecule has 30 heavy (non-hydrogen) atoms. The third kappa shape index (κ3) is 3.48.